The van der Waals surface area contributed by atoms with Crippen LogP contribution in [-0.4, -0.2) is 34.1 Å². The molecule has 0 aromatic carbocycles. The van der Waals surface area contributed by atoms with Crippen molar-refractivity contribution in [2.24, 2.45) is 5.92 Å². The van der Waals surface area contributed by atoms with Crippen molar-refractivity contribution in [1.82, 2.24) is 15.3 Å². The van der Waals surface area contributed by atoms with E-state index in [9.17, 15) is 9.90 Å². The monoisotopic (exact) mass is 345 g/mol. The Kier molecular flexibility index (Phi) is 6.90. The first-order chi connectivity index (χ1) is 11.6. The van der Waals surface area contributed by atoms with Gasteiger partial charge in [-0.2, -0.15) is 0 Å². The number of nitrogens with zero attached hydrogens (tertiary/aromatic N) is 2. The van der Waals surface area contributed by atoms with Gasteiger partial charge in [0.05, 0.1) is 5.02 Å². The van der Waals surface area contributed by atoms with Gasteiger partial charge in [-0.15, -0.1) is 0 Å². The number of nitrogens with one attached hydrogen (secondary N) is 1. The van der Waals surface area contributed by atoms with Gasteiger partial charge >= 0.3 is 0 Å². The first-order valence-corrected chi connectivity index (χ1v) is 8.03. The molecule has 5 nitrogen and oxygen atoms in total. The molecule has 0 bridgehead atoms. The molecule has 0 spiro atoms. The summed E-state index contributed by atoms with van der Waals surface area (Å²) in [5, 5.41) is 12.9. The number of rotatable bonds is 7. The van der Waals surface area contributed by atoms with Crippen molar-refractivity contribution in [3.8, 4) is 0 Å². The Labute approximate surface area is 146 Å². The van der Waals surface area contributed by atoms with Crippen LogP contribution in [0.15, 0.2) is 43.0 Å². The standard InChI is InChI=1S/C18H20ClN3O2/c1-13-6-14(9-21-8-13)2-3-18(24)22-10-15(12-23)7-16-4-5-20-11-17(16)19/h2-6,8-9,11,15,23H,7,10,12H2,1H3,(H,22,24). The molecule has 2 aromatic heterocycles. The molecule has 126 valence electrons. The fourth-order valence-corrected chi connectivity index (χ4v) is 2.42. The number of carbonyl (C=O) groups is 1. The van der Waals surface area contributed by atoms with Gasteiger partial charge in [-0.1, -0.05) is 11.6 Å². The van der Waals surface area contributed by atoms with E-state index in [1.54, 1.807) is 30.9 Å². The minimum absolute atomic E-state index is 0.0373. The molecule has 0 aliphatic rings. The fraction of sp³-hybridized carbons (Fsp3) is 0.278. The van der Waals surface area contributed by atoms with Crippen LogP contribution in [0.3, 0.4) is 0 Å². The lowest BCUT2D eigenvalue weighted by Gasteiger charge is -2.15. The molecule has 0 saturated heterocycles. The Morgan fingerprint density at radius 1 is 1.38 bits per heavy atom. The predicted molar refractivity (Wildman–Crippen MR) is 94.5 cm³/mol. The Balaban J connectivity index is 1.86. The number of aromatic nitrogens is 2. The third-order valence-electron chi connectivity index (χ3n) is 3.51. The van der Waals surface area contributed by atoms with Gasteiger partial charge in [0.1, 0.15) is 0 Å². The number of aliphatic hydroxyl groups is 1. The molecule has 2 heterocycles. The topological polar surface area (TPSA) is 75.1 Å². The van der Waals surface area contributed by atoms with Crippen molar-refractivity contribution >= 4 is 23.6 Å². The smallest absolute Gasteiger partial charge is 0.244 e. The lowest BCUT2D eigenvalue weighted by atomic mass is 10.0. The van der Waals surface area contributed by atoms with E-state index in [-0.39, 0.29) is 18.4 Å². The molecule has 2 N–H and O–H groups in total. The lowest BCUT2D eigenvalue weighted by molar-refractivity contribution is -0.116. The zero-order chi connectivity index (χ0) is 17.4. The summed E-state index contributed by atoms with van der Waals surface area (Å²) in [7, 11) is 0. The molecule has 1 amide bonds. The number of amides is 1. The summed E-state index contributed by atoms with van der Waals surface area (Å²) in [6, 6.07) is 3.76. The number of aryl methyl sites for hydroxylation is 1. The summed E-state index contributed by atoms with van der Waals surface area (Å²) in [5.74, 6) is -0.321. The molecular formula is C18H20ClN3O2. The SMILES string of the molecule is Cc1cncc(C=CC(=O)NCC(CO)Cc2ccncc2Cl)c1. The van der Waals surface area contributed by atoms with Crippen molar-refractivity contribution < 1.29 is 9.90 Å². The van der Waals surface area contributed by atoms with Gasteiger partial charge in [0.15, 0.2) is 0 Å². The van der Waals surface area contributed by atoms with Gasteiger partial charge in [0.2, 0.25) is 5.91 Å². The fourth-order valence-electron chi connectivity index (χ4n) is 2.23. The molecule has 1 atom stereocenters. The molecule has 0 radical (unpaired) electrons. The summed E-state index contributed by atoms with van der Waals surface area (Å²) in [6.45, 7) is 2.27. The highest BCUT2D eigenvalue weighted by molar-refractivity contribution is 6.31. The van der Waals surface area contributed by atoms with Crippen LogP contribution in [0.5, 0.6) is 0 Å². The summed E-state index contributed by atoms with van der Waals surface area (Å²) in [5.41, 5.74) is 2.81. The van der Waals surface area contributed by atoms with Crippen LogP contribution in [0.2, 0.25) is 5.02 Å². The minimum Gasteiger partial charge on any atom is -0.396 e. The van der Waals surface area contributed by atoms with E-state index in [1.807, 2.05) is 19.1 Å². The van der Waals surface area contributed by atoms with Crippen molar-refractivity contribution in [1.29, 1.82) is 0 Å². The number of carbonyl (C=O) groups excluding carboxylic acids is 1. The van der Waals surface area contributed by atoms with Crippen LogP contribution in [0.1, 0.15) is 16.7 Å². The van der Waals surface area contributed by atoms with Gasteiger partial charge in [-0.05, 0) is 48.2 Å². The second-order valence-electron chi connectivity index (χ2n) is 5.59. The third-order valence-corrected chi connectivity index (χ3v) is 3.85. The van der Waals surface area contributed by atoms with Crippen molar-refractivity contribution in [2.45, 2.75) is 13.3 Å². The molecule has 6 heteroatoms. The van der Waals surface area contributed by atoms with Gasteiger partial charge < -0.3 is 10.4 Å². The highest BCUT2D eigenvalue weighted by Gasteiger charge is 2.11. The highest BCUT2D eigenvalue weighted by Crippen LogP contribution is 2.17. The van der Waals surface area contributed by atoms with Gasteiger partial charge in [-0.3, -0.25) is 14.8 Å². The van der Waals surface area contributed by atoms with E-state index < -0.39 is 0 Å². The van der Waals surface area contributed by atoms with E-state index in [0.717, 1.165) is 16.7 Å². The van der Waals surface area contributed by atoms with Crippen molar-refractivity contribution in [3.63, 3.8) is 0 Å². The average molecular weight is 346 g/mol. The Morgan fingerprint density at radius 3 is 2.92 bits per heavy atom. The largest absolute Gasteiger partial charge is 0.396 e. The summed E-state index contributed by atoms with van der Waals surface area (Å²) in [6.07, 6.45) is 10.4. The summed E-state index contributed by atoms with van der Waals surface area (Å²) >= 11 is 6.07. The molecule has 2 rings (SSSR count). The first kappa shape index (κ1) is 18.1. The highest BCUT2D eigenvalue weighted by atomic mass is 35.5. The number of hydrogen-bond donors (Lipinski definition) is 2. The Bertz CT molecular complexity index is 719. The van der Waals surface area contributed by atoms with Crippen LogP contribution in [-0.2, 0) is 11.2 Å². The zero-order valence-corrected chi connectivity index (χ0v) is 14.2. The van der Waals surface area contributed by atoms with Crippen LogP contribution >= 0.6 is 11.6 Å². The molecule has 0 aliphatic heterocycles. The van der Waals surface area contributed by atoms with Gasteiger partial charge in [-0.25, -0.2) is 0 Å². The first-order valence-electron chi connectivity index (χ1n) is 7.65. The summed E-state index contributed by atoms with van der Waals surface area (Å²) < 4.78 is 0. The van der Waals surface area contributed by atoms with Crippen molar-refractivity contribution in [2.75, 3.05) is 13.2 Å². The average Bonchev–Trinajstić information content (AvgIpc) is 2.58. The molecule has 0 aliphatic carbocycles. The van der Waals surface area contributed by atoms with E-state index >= 15 is 0 Å². The van der Waals surface area contributed by atoms with Crippen LogP contribution in [0.25, 0.3) is 6.08 Å². The molecular weight excluding hydrogens is 326 g/mol. The normalized spacial score (nSPS) is 12.3. The molecule has 2 aromatic rings. The predicted octanol–water partition coefficient (Wildman–Crippen LogP) is 2.42. The van der Waals surface area contributed by atoms with E-state index in [2.05, 4.69) is 15.3 Å². The third kappa shape index (κ3) is 5.76. The molecule has 1 unspecified atom stereocenters. The maximum atomic E-state index is 11.9. The maximum Gasteiger partial charge on any atom is 0.244 e. The number of pyridine rings is 2. The Hall–Kier alpha value is -2.24. The maximum absolute atomic E-state index is 11.9. The van der Waals surface area contributed by atoms with Gasteiger partial charge in [0, 0.05) is 49.9 Å². The van der Waals surface area contributed by atoms with E-state index in [1.165, 1.54) is 6.08 Å². The number of hydrogen-bond acceptors (Lipinski definition) is 4. The second-order valence-corrected chi connectivity index (χ2v) is 6.00. The minimum atomic E-state index is -0.212. The lowest BCUT2D eigenvalue weighted by Crippen LogP contribution is -2.30. The van der Waals surface area contributed by atoms with E-state index in [0.29, 0.717) is 18.0 Å². The second kappa shape index (κ2) is 9.15. The summed E-state index contributed by atoms with van der Waals surface area (Å²) in [4.78, 5) is 19.9. The molecule has 0 fully saturated rings. The molecule has 0 saturated carbocycles. The Morgan fingerprint density at radius 2 is 2.21 bits per heavy atom. The number of aliphatic hydroxyl groups excluding tert-OH is 1. The molecule has 24 heavy (non-hydrogen) atoms. The quantitative estimate of drug-likeness (QED) is 0.756. The van der Waals surface area contributed by atoms with Crippen molar-refractivity contribution in [3.05, 3.63) is 64.7 Å². The van der Waals surface area contributed by atoms with Gasteiger partial charge in [0.25, 0.3) is 0 Å². The zero-order valence-electron chi connectivity index (χ0n) is 13.4. The van der Waals surface area contributed by atoms with Crippen LogP contribution < -0.4 is 5.32 Å². The van der Waals surface area contributed by atoms with Crippen LogP contribution in [0, 0.1) is 12.8 Å². The number of halogens is 1. The van der Waals surface area contributed by atoms with E-state index in [4.69, 9.17) is 11.6 Å². The van der Waals surface area contributed by atoms with Crippen LogP contribution in [0.4, 0.5) is 0 Å².